The highest BCUT2D eigenvalue weighted by molar-refractivity contribution is 5.90. The van der Waals surface area contributed by atoms with Gasteiger partial charge in [-0.05, 0) is 36.1 Å². The lowest BCUT2D eigenvalue weighted by Crippen LogP contribution is -2.14. The van der Waals surface area contributed by atoms with E-state index in [2.05, 4.69) is 45.6 Å². The van der Waals surface area contributed by atoms with Crippen LogP contribution in [0.3, 0.4) is 0 Å². The summed E-state index contributed by atoms with van der Waals surface area (Å²) in [6.45, 7) is 4.68. The molecule has 0 radical (unpaired) electrons. The van der Waals surface area contributed by atoms with Crippen LogP contribution in [0.15, 0.2) is 60.9 Å². The molecule has 0 aliphatic carbocycles. The third kappa shape index (κ3) is 4.50. The van der Waals surface area contributed by atoms with Crippen LogP contribution in [-0.4, -0.2) is 22.5 Å². The van der Waals surface area contributed by atoms with Crippen LogP contribution < -0.4 is 5.32 Å². The number of esters is 1. The maximum absolute atomic E-state index is 12.1. The topological polar surface area (TPSA) is 64.1 Å². The average molecular weight is 361 g/mol. The molecule has 0 bridgehead atoms. The van der Waals surface area contributed by atoms with Gasteiger partial charge in [0, 0.05) is 12.1 Å². The Balaban J connectivity index is 1.79. The first kappa shape index (κ1) is 18.6. The van der Waals surface area contributed by atoms with Crippen molar-refractivity contribution >= 4 is 11.8 Å². The number of carbonyl (C=O) groups excluding carboxylic acids is 1. The molecule has 0 aliphatic rings. The molecular formula is C22H23N3O2. The number of anilines is 1. The summed E-state index contributed by atoms with van der Waals surface area (Å²) in [4.78, 5) is 20.5. The lowest BCUT2D eigenvalue weighted by Gasteiger charge is -2.13. The van der Waals surface area contributed by atoms with Crippen LogP contribution >= 0.6 is 0 Å². The lowest BCUT2D eigenvalue weighted by atomic mass is 10.0. The SMILES string of the molecule is CCOC(=O)c1ncnc(NCc2cccc(-c3ccccc3)c2)c1CC. The van der Waals surface area contributed by atoms with Crippen LogP contribution in [0, 0.1) is 0 Å². The summed E-state index contributed by atoms with van der Waals surface area (Å²) < 4.78 is 5.10. The zero-order chi connectivity index (χ0) is 19.1. The zero-order valence-corrected chi connectivity index (χ0v) is 15.6. The van der Waals surface area contributed by atoms with Crippen LogP contribution in [0.2, 0.25) is 0 Å². The van der Waals surface area contributed by atoms with Crippen molar-refractivity contribution < 1.29 is 9.53 Å². The maximum Gasteiger partial charge on any atom is 0.357 e. The van der Waals surface area contributed by atoms with Crippen molar-refractivity contribution in [2.24, 2.45) is 0 Å². The second kappa shape index (κ2) is 8.94. The Kier molecular flexibility index (Phi) is 6.15. The summed E-state index contributed by atoms with van der Waals surface area (Å²) in [5.74, 6) is 0.256. The van der Waals surface area contributed by atoms with Gasteiger partial charge in [-0.25, -0.2) is 14.8 Å². The number of nitrogens with zero attached hydrogens (tertiary/aromatic N) is 2. The van der Waals surface area contributed by atoms with Gasteiger partial charge in [0.2, 0.25) is 0 Å². The summed E-state index contributed by atoms with van der Waals surface area (Å²) in [6.07, 6.45) is 2.04. The Bertz CT molecular complexity index is 910. The highest BCUT2D eigenvalue weighted by Gasteiger charge is 2.17. The number of hydrogen-bond acceptors (Lipinski definition) is 5. The summed E-state index contributed by atoms with van der Waals surface area (Å²) in [5, 5.41) is 3.34. The van der Waals surface area contributed by atoms with E-state index in [1.54, 1.807) is 6.92 Å². The first-order valence-electron chi connectivity index (χ1n) is 9.12. The van der Waals surface area contributed by atoms with Gasteiger partial charge >= 0.3 is 5.97 Å². The van der Waals surface area contributed by atoms with Gasteiger partial charge in [0.25, 0.3) is 0 Å². The molecule has 27 heavy (non-hydrogen) atoms. The Labute approximate surface area is 159 Å². The van der Waals surface area contributed by atoms with Crippen molar-refractivity contribution in [2.45, 2.75) is 26.8 Å². The van der Waals surface area contributed by atoms with Gasteiger partial charge in [0.05, 0.1) is 6.61 Å². The molecule has 5 heteroatoms. The Hall–Kier alpha value is -3.21. The Morgan fingerprint density at radius 3 is 2.52 bits per heavy atom. The van der Waals surface area contributed by atoms with Crippen molar-refractivity contribution in [1.82, 2.24) is 9.97 Å². The number of benzene rings is 2. The predicted octanol–water partition coefficient (Wildman–Crippen LogP) is 4.49. The molecule has 5 nitrogen and oxygen atoms in total. The first-order valence-corrected chi connectivity index (χ1v) is 9.12. The van der Waals surface area contributed by atoms with Gasteiger partial charge in [0.1, 0.15) is 12.1 Å². The monoisotopic (exact) mass is 361 g/mol. The van der Waals surface area contributed by atoms with E-state index in [9.17, 15) is 4.79 Å². The van der Waals surface area contributed by atoms with Crippen LogP contribution in [0.1, 0.15) is 35.5 Å². The quantitative estimate of drug-likeness (QED) is 0.628. The normalized spacial score (nSPS) is 10.4. The van der Waals surface area contributed by atoms with Crippen LogP contribution in [0.25, 0.3) is 11.1 Å². The van der Waals surface area contributed by atoms with Gasteiger partial charge in [-0.15, -0.1) is 0 Å². The van der Waals surface area contributed by atoms with E-state index in [0.717, 1.165) is 11.1 Å². The fourth-order valence-corrected chi connectivity index (χ4v) is 2.95. The molecule has 0 aliphatic heterocycles. The largest absolute Gasteiger partial charge is 0.461 e. The molecule has 3 aromatic rings. The molecular weight excluding hydrogens is 338 g/mol. The second-order valence-electron chi connectivity index (χ2n) is 6.04. The Morgan fingerprint density at radius 1 is 1.00 bits per heavy atom. The first-order chi connectivity index (χ1) is 13.2. The van der Waals surface area contributed by atoms with E-state index in [-0.39, 0.29) is 0 Å². The highest BCUT2D eigenvalue weighted by atomic mass is 16.5. The summed E-state index contributed by atoms with van der Waals surface area (Å²) in [6, 6.07) is 18.6. The molecule has 0 spiro atoms. The van der Waals surface area contributed by atoms with Gasteiger partial charge in [-0.3, -0.25) is 0 Å². The summed E-state index contributed by atoms with van der Waals surface area (Å²) in [5.41, 5.74) is 4.58. The molecule has 1 N–H and O–H groups in total. The number of nitrogens with one attached hydrogen (secondary N) is 1. The molecule has 1 heterocycles. The van der Waals surface area contributed by atoms with Gasteiger partial charge in [-0.2, -0.15) is 0 Å². The lowest BCUT2D eigenvalue weighted by molar-refractivity contribution is 0.0518. The number of ether oxygens (including phenoxy) is 1. The van der Waals surface area contributed by atoms with Crippen molar-refractivity contribution in [3.8, 4) is 11.1 Å². The minimum atomic E-state index is -0.411. The molecule has 0 unspecified atom stereocenters. The predicted molar refractivity (Wildman–Crippen MR) is 107 cm³/mol. The van der Waals surface area contributed by atoms with E-state index in [4.69, 9.17) is 4.74 Å². The van der Waals surface area contributed by atoms with E-state index in [1.165, 1.54) is 17.5 Å². The van der Waals surface area contributed by atoms with Crippen molar-refractivity contribution in [3.63, 3.8) is 0 Å². The molecule has 0 saturated carbocycles. The van der Waals surface area contributed by atoms with Crippen LogP contribution in [0.5, 0.6) is 0 Å². The fourth-order valence-electron chi connectivity index (χ4n) is 2.95. The van der Waals surface area contributed by atoms with Gasteiger partial charge < -0.3 is 10.1 Å². The molecule has 0 fully saturated rings. The molecule has 0 amide bonds. The summed E-state index contributed by atoms with van der Waals surface area (Å²) >= 11 is 0. The number of hydrogen-bond donors (Lipinski definition) is 1. The van der Waals surface area contributed by atoms with E-state index < -0.39 is 5.97 Å². The maximum atomic E-state index is 12.1. The molecule has 1 aromatic heterocycles. The smallest absolute Gasteiger partial charge is 0.357 e. The highest BCUT2D eigenvalue weighted by Crippen LogP contribution is 2.22. The van der Waals surface area contributed by atoms with E-state index in [0.29, 0.717) is 31.1 Å². The number of rotatable bonds is 7. The number of aromatic nitrogens is 2. The van der Waals surface area contributed by atoms with E-state index in [1.807, 2.05) is 31.2 Å². The molecule has 0 saturated heterocycles. The minimum Gasteiger partial charge on any atom is -0.461 e. The van der Waals surface area contributed by atoms with Crippen LogP contribution in [0.4, 0.5) is 5.82 Å². The van der Waals surface area contributed by atoms with Crippen molar-refractivity contribution in [1.29, 1.82) is 0 Å². The molecule has 0 atom stereocenters. The number of carbonyl (C=O) groups is 1. The minimum absolute atomic E-state index is 0.320. The van der Waals surface area contributed by atoms with Crippen LogP contribution in [-0.2, 0) is 17.7 Å². The standard InChI is InChI=1S/C22H23N3O2/c1-3-19-20(22(26)27-4-2)24-15-25-21(19)23-14-16-9-8-12-18(13-16)17-10-6-5-7-11-17/h5-13,15H,3-4,14H2,1-2H3,(H,23,24,25). The van der Waals surface area contributed by atoms with Gasteiger partial charge in [-0.1, -0.05) is 55.5 Å². The third-order valence-corrected chi connectivity index (χ3v) is 4.26. The van der Waals surface area contributed by atoms with E-state index >= 15 is 0 Å². The van der Waals surface area contributed by atoms with Crippen molar-refractivity contribution in [3.05, 3.63) is 77.7 Å². The fraction of sp³-hybridized carbons (Fsp3) is 0.227. The third-order valence-electron chi connectivity index (χ3n) is 4.26. The Morgan fingerprint density at radius 2 is 1.78 bits per heavy atom. The second-order valence-corrected chi connectivity index (χ2v) is 6.04. The molecule has 138 valence electrons. The zero-order valence-electron chi connectivity index (χ0n) is 15.6. The average Bonchev–Trinajstić information content (AvgIpc) is 2.73. The molecule has 2 aromatic carbocycles. The summed E-state index contributed by atoms with van der Waals surface area (Å²) in [7, 11) is 0. The van der Waals surface area contributed by atoms with Gasteiger partial charge in [0.15, 0.2) is 5.69 Å². The van der Waals surface area contributed by atoms with Crippen molar-refractivity contribution in [2.75, 3.05) is 11.9 Å². The molecule has 3 rings (SSSR count).